The maximum atomic E-state index is 13.7. The van der Waals surface area contributed by atoms with Crippen molar-refractivity contribution in [2.45, 2.75) is 46.2 Å². The molecule has 0 aromatic heterocycles. The Morgan fingerprint density at radius 2 is 1.58 bits per heavy atom. The topological polar surface area (TPSA) is 49.4 Å². The van der Waals surface area contributed by atoms with Gasteiger partial charge in [0.1, 0.15) is 5.82 Å². The number of nitrogens with zero attached hydrogens (tertiary/aromatic N) is 1. The molecule has 0 saturated heterocycles. The minimum absolute atomic E-state index is 0.0172. The molecule has 0 heterocycles. The monoisotopic (exact) mass is 446 g/mol. The molecule has 3 aromatic rings. The van der Waals surface area contributed by atoms with Gasteiger partial charge in [0, 0.05) is 12.1 Å². The average molecular weight is 447 g/mol. The fraction of sp³-hybridized carbons (Fsp3) is 0.286. The number of carbonyl (C=O) groups is 2. The molecular weight excluding hydrogens is 415 g/mol. The van der Waals surface area contributed by atoms with Gasteiger partial charge in [0.15, 0.2) is 0 Å². The van der Waals surface area contributed by atoms with E-state index in [1.54, 1.807) is 11.0 Å². The Kier molecular flexibility index (Phi) is 8.36. The summed E-state index contributed by atoms with van der Waals surface area (Å²) in [5, 5.41) is 3.02. The van der Waals surface area contributed by atoms with Gasteiger partial charge in [-0.05, 0) is 53.8 Å². The van der Waals surface area contributed by atoms with E-state index in [0.717, 1.165) is 22.4 Å². The van der Waals surface area contributed by atoms with Crippen LogP contribution in [0.3, 0.4) is 0 Å². The van der Waals surface area contributed by atoms with Gasteiger partial charge in [-0.1, -0.05) is 68.4 Å². The first-order valence-electron chi connectivity index (χ1n) is 11.3. The zero-order valence-corrected chi connectivity index (χ0v) is 19.4. The molecular formula is C28H31FN2O2. The highest BCUT2D eigenvalue weighted by atomic mass is 19.1. The number of rotatable bonds is 9. The van der Waals surface area contributed by atoms with E-state index in [4.69, 9.17) is 0 Å². The van der Waals surface area contributed by atoms with Crippen LogP contribution in [0.4, 0.5) is 10.1 Å². The van der Waals surface area contributed by atoms with Gasteiger partial charge in [0.05, 0.1) is 19.0 Å². The van der Waals surface area contributed by atoms with E-state index in [0.29, 0.717) is 6.42 Å². The predicted molar refractivity (Wildman–Crippen MR) is 130 cm³/mol. The molecule has 172 valence electrons. The summed E-state index contributed by atoms with van der Waals surface area (Å²) >= 11 is 0. The van der Waals surface area contributed by atoms with Crippen molar-refractivity contribution in [2.24, 2.45) is 5.92 Å². The summed E-state index contributed by atoms with van der Waals surface area (Å²) in [5.74, 6) is -0.194. The van der Waals surface area contributed by atoms with Gasteiger partial charge in [0.2, 0.25) is 11.8 Å². The summed E-state index contributed by atoms with van der Waals surface area (Å²) in [5.41, 5.74) is 3.37. The van der Waals surface area contributed by atoms with Gasteiger partial charge in [-0.15, -0.1) is 0 Å². The van der Waals surface area contributed by atoms with Crippen LogP contribution in [-0.4, -0.2) is 11.8 Å². The van der Waals surface area contributed by atoms with Crippen molar-refractivity contribution in [2.75, 3.05) is 4.90 Å². The van der Waals surface area contributed by atoms with E-state index >= 15 is 0 Å². The number of amides is 2. The number of anilines is 1. The second-order valence-corrected chi connectivity index (χ2v) is 8.75. The second-order valence-electron chi connectivity index (χ2n) is 8.75. The van der Waals surface area contributed by atoms with Crippen LogP contribution in [-0.2, 0) is 22.6 Å². The van der Waals surface area contributed by atoms with Crippen LogP contribution in [0.15, 0.2) is 78.9 Å². The lowest BCUT2D eigenvalue weighted by Crippen LogP contribution is -2.31. The van der Waals surface area contributed by atoms with Crippen LogP contribution in [0, 0.1) is 11.7 Å². The Bertz CT molecular complexity index is 1060. The smallest absolute Gasteiger partial charge is 0.227 e. The van der Waals surface area contributed by atoms with E-state index in [9.17, 15) is 14.0 Å². The maximum Gasteiger partial charge on any atom is 0.227 e. The summed E-state index contributed by atoms with van der Waals surface area (Å²) in [4.78, 5) is 27.1. The van der Waals surface area contributed by atoms with Crippen molar-refractivity contribution in [3.63, 3.8) is 0 Å². The predicted octanol–water partition coefficient (Wildman–Crippen LogP) is 5.82. The van der Waals surface area contributed by atoms with Gasteiger partial charge in [-0.3, -0.25) is 9.59 Å². The molecule has 1 atom stereocenters. The summed E-state index contributed by atoms with van der Waals surface area (Å²) in [6.07, 6.45) is 0.651. The molecule has 4 nitrogen and oxygen atoms in total. The highest BCUT2D eigenvalue weighted by Crippen LogP contribution is 2.22. The lowest BCUT2D eigenvalue weighted by molar-refractivity contribution is -0.121. The SMILES string of the molecule is CC(C)CC(=O)N(Cc1cccc(F)c1)c1ccc(CC(=O)NC(C)c2ccccc2)cc1. The molecule has 33 heavy (non-hydrogen) atoms. The van der Waals surface area contributed by atoms with Gasteiger partial charge >= 0.3 is 0 Å². The van der Waals surface area contributed by atoms with Gasteiger partial charge in [0.25, 0.3) is 0 Å². The molecule has 0 saturated carbocycles. The minimum atomic E-state index is -0.324. The third-order valence-corrected chi connectivity index (χ3v) is 5.40. The molecule has 0 aliphatic heterocycles. The standard InChI is InChI=1S/C28H31FN2O2/c1-20(2)16-28(33)31(19-23-8-7-11-25(29)17-23)26-14-12-22(13-15-26)18-27(32)30-21(3)24-9-5-4-6-10-24/h4-15,17,20-21H,16,18-19H2,1-3H3,(H,30,32). The first-order chi connectivity index (χ1) is 15.8. The van der Waals surface area contributed by atoms with Crippen molar-refractivity contribution in [3.8, 4) is 0 Å². The molecule has 0 radical (unpaired) electrons. The Hall–Kier alpha value is -3.47. The lowest BCUT2D eigenvalue weighted by Gasteiger charge is -2.24. The molecule has 2 amide bonds. The van der Waals surface area contributed by atoms with Crippen molar-refractivity contribution < 1.29 is 14.0 Å². The quantitative estimate of drug-likeness (QED) is 0.450. The number of carbonyl (C=O) groups excluding carboxylic acids is 2. The van der Waals surface area contributed by atoms with Gasteiger partial charge < -0.3 is 10.2 Å². The van der Waals surface area contributed by atoms with Crippen LogP contribution >= 0.6 is 0 Å². The maximum absolute atomic E-state index is 13.7. The molecule has 0 aliphatic carbocycles. The molecule has 1 N–H and O–H groups in total. The van der Waals surface area contributed by atoms with E-state index in [2.05, 4.69) is 5.32 Å². The Morgan fingerprint density at radius 3 is 2.21 bits per heavy atom. The summed E-state index contributed by atoms with van der Waals surface area (Å²) in [6.45, 7) is 6.24. The highest BCUT2D eigenvalue weighted by Gasteiger charge is 2.18. The van der Waals surface area contributed by atoms with E-state index < -0.39 is 0 Å². The fourth-order valence-electron chi connectivity index (χ4n) is 3.70. The number of hydrogen-bond donors (Lipinski definition) is 1. The number of nitrogens with one attached hydrogen (secondary N) is 1. The van der Waals surface area contributed by atoms with Crippen molar-refractivity contribution >= 4 is 17.5 Å². The number of hydrogen-bond acceptors (Lipinski definition) is 2. The number of benzene rings is 3. The van der Waals surface area contributed by atoms with Crippen molar-refractivity contribution in [3.05, 3.63) is 101 Å². The van der Waals surface area contributed by atoms with E-state index in [1.807, 2.05) is 81.4 Å². The summed E-state index contributed by atoms with van der Waals surface area (Å²) in [6, 6.07) is 23.5. The molecule has 1 unspecified atom stereocenters. The van der Waals surface area contributed by atoms with Gasteiger partial charge in [-0.25, -0.2) is 4.39 Å². The average Bonchev–Trinajstić information content (AvgIpc) is 2.78. The third-order valence-electron chi connectivity index (χ3n) is 5.40. The highest BCUT2D eigenvalue weighted by molar-refractivity contribution is 5.93. The van der Waals surface area contributed by atoms with Crippen LogP contribution in [0.1, 0.15) is 49.9 Å². The van der Waals surface area contributed by atoms with Crippen LogP contribution < -0.4 is 10.2 Å². The molecule has 0 fully saturated rings. The van der Waals surface area contributed by atoms with Crippen molar-refractivity contribution in [1.82, 2.24) is 5.32 Å². The van der Waals surface area contributed by atoms with Gasteiger partial charge in [-0.2, -0.15) is 0 Å². The molecule has 5 heteroatoms. The molecule has 0 spiro atoms. The Balaban J connectivity index is 1.69. The minimum Gasteiger partial charge on any atom is -0.349 e. The van der Waals surface area contributed by atoms with E-state index in [1.165, 1.54) is 12.1 Å². The fourth-order valence-corrected chi connectivity index (χ4v) is 3.70. The lowest BCUT2D eigenvalue weighted by atomic mass is 10.1. The number of halogens is 1. The Labute approximate surface area is 195 Å². The molecule has 0 aliphatic rings. The summed E-state index contributed by atoms with van der Waals surface area (Å²) < 4.78 is 13.7. The first-order valence-corrected chi connectivity index (χ1v) is 11.3. The van der Waals surface area contributed by atoms with Crippen LogP contribution in [0.2, 0.25) is 0 Å². The Morgan fingerprint density at radius 1 is 0.879 bits per heavy atom. The summed E-state index contributed by atoms with van der Waals surface area (Å²) in [7, 11) is 0. The van der Waals surface area contributed by atoms with Crippen LogP contribution in [0.5, 0.6) is 0 Å². The first kappa shape index (κ1) is 24.2. The molecule has 3 rings (SSSR count). The van der Waals surface area contributed by atoms with Crippen molar-refractivity contribution in [1.29, 1.82) is 0 Å². The van der Waals surface area contributed by atoms with E-state index in [-0.39, 0.29) is 42.6 Å². The van der Waals surface area contributed by atoms with Crippen LogP contribution in [0.25, 0.3) is 0 Å². The normalized spacial score (nSPS) is 11.8. The zero-order valence-electron chi connectivity index (χ0n) is 19.4. The second kappa shape index (κ2) is 11.4. The third kappa shape index (κ3) is 7.28. The molecule has 0 bridgehead atoms. The zero-order chi connectivity index (χ0) is 23.8. The largest absolute Gasteiger partial charge is 0.349 e. The molecule has 3 aromatic carbocycles.